The van der Waals surface area contributed by atoms with Gasteiger partial charge in [-0.3, -0.25) is 10.1 Å². The zero-order valence-electron chi connectivity index (χ0n) is 13.2. The molecule has 0 aromatic heterocycles. The highest BCUT2D eigenvalue weighted by Crippen LogP contribution is 2.23. The van der Waals surface area contributed by atoms with Crippen LogP contribution in [0.4, 0.5) is 4.79 Å². The summed E-state index contributed by atoms with van der Waals surface area (Å²) >= 11 is 1.45. The van der Waals surface area contributed by atoms with Crippen LogP contribution in [0.15, 0.2) is 23.1 Å². The van der Waals surface area contributed by atoms with Crippen molar-refractivity contribution in [1.29, 1.82) is 0 Å². The van der Waals surface area contributed by atoms with Gasteiger partial charge in [-0.05, 0) is 37.8 Å². The number of rotatable bonds is 6. The minimum absolute atomic E-state index is 0.238. The molecule has 0 saturated carbocycles. The molecule has 0 bridgehead atoms. The zero-order chi connectivity index (χ0) is 15.8. The highest BCUT2D eigenvalue weighted by Gasteiger charge is 2.09. The van der Waals surface area contributed by atoms with Gasteiger partial charge in [0.1, 0.15) is 0 Å². The molecule has 0 spiro atoms. The molecule has 3 amide bonds. The van der Waals surface area contributed by atoms with Gasteiger partial charge in [0.2, 0.25) is 5.91 Å². The average Bonchev–Trinajstić information content (AvgIpc) is 2.39. The number of benzene rings is 1. The van der Waals surface area contributed by atoms with E-state index in [0.29, 0.717) is 12.5 Å². The van der Waals surface area contributed by atoms with Crippen LogP contribution in [0.3, 0.4) is 0 Å². The lowest BCUT2D eigenvalue weighted by molar-refractivity contribution is -0.117. The number of thioether (sulfide) groups is 1. The van der Waals surface area contributed by atoms with E-state index >= 15 is 0 Å². The first-order valence-corrected chi connectivity index (χ1v) is 8.14. The standard InChI is InChI=1S/C16H24N2O2S/c1-11(2)7-8-17-16(20)18-15(19)10-21-14-9-12(3)5-6-13(14)4/h5-6,9,11H,7-8,10H2,1-4H3,(H2,17,18,19,20). The Bertz CT molecular complexity index is 501. The van der Waals surface area contributed by atoms with E-state index in [1.807, 2.05) is 26.0 Å². The summed E-state index contributed by atoms with van der Waals surface area (Å²) in [5, 5.41) is 5.03. The van der Waals surface area contributed by atoms with Crippen LogP contribution in [0, 0.1) is 19.8 Å². The van der Waals surface area contributed by atoms with E-state index in [1.54, 1.807) is 0 Å². The van der Waals surface area contributed by atoms with Gasteiger partial charge in [-0.25, -0.2) is 4.79 Å². The van der Waals surface area contributed by atoms with Crippen molar-refractivity contribution < 1.29 is 9.59 Å². The van der Waals surface area contributed by atoms with Crippen LogP contribution in [-0.2, 0) is 4.79 Å². The van der Waals surface area contributed by atoms with Crippen molar-refractivity contribution in [3.63, 3.8) is 0 Å². The number of carbonyl (C=O) groups excluding carboxylic acids is 2. The topological polar surface area (TPSA) is 58.2 Å². The Balaban J connectivity index is 2.33. The molecular formula is C16H24N2O2S. The highest BCUT2D eigenvalue weighted by atomic mass is 32.2. The molecule has 0 fully saturated rings. The third-order valence-electron chi connectivity index (χ3n) is 2.96. The SMILES string of the molecule is Cc1ccc(C)c(SCC(=O)NC(=O)NCCC(C)C)c1. The zero-order valence-corrected chi connectivity index (χ0v) is 14.0. The van der Waals surface area contributed by atoms with Gasteiger partial charge in [-0.1, -0.05) is 31.5 Å². The second kappa shape index (κ2) is 8.72. The predicted molar refractivity (Wildman–Crippen MR) is 87.6 cm³/mol. The second-order valence-electron chi connectivity index (χ2n) is 5.54. The smallest absolute Gasteiger partial charge is 0.321 e. The van der Waals surface area contributed by atoms with E-state index in [1.165, 1.54) is 11.8 Å². The molecule has 2 N–H and O–H groups in total. The molecule has 4 nitrogen and oxygen atoms in total. The first-order valence-electron chi connectivity index (χ1n) is 7.16. The fraction of sp³-hybridized carbons (Fsp3) is 0.500. The maximum Gasteiger partial charge on any atom is 0.321 e. The largest absolute Gasteiger partial charge is 0.338 e. The van der Waals surface area contributed by atoms with Crippen LogP contribution in [0.1, 0.15) is 31.4 Å². The molecule has 0 unspecified atom stereocenters. The van der Waals surface area contributed by atoms with Gasteiger partial charge in [0.25, 0.3) is 0 Å². The van der Waals surface area contributed by atoms with Crippen molar-refractivity contribution in [3.05, 3.63) is 29.3 Å². The molecule has 1 aromatic carbocycles. The fourth-order valence-corrected chi connectivity index (χ4v) is 2.61. The molecule has 0 aliphatic heterocycles. The quantitative estimate of drug-likeness (QED) is 0.793. The summed E-state index contributed by atoms with van der Waals surface area (Å²) in [4.78, 5) is 24.3. The van der Waals surface area contributed by atoms with Crippen molar-refractivity contribution in [3.8, 4) is 0 Å². The van der Waals surface area contributed by atoms with Gasteiger partial charge in [0, 0.05) is 11.4 Å². The molecule has 1 rings (SSSR count). The number of hydrogen-bond donors (Lipinski definition) is 2. The summed E-state index contributed by atoms with van der Waals surface area (Å²) in [7, 11) is 0. The lowest BCUT2D eigenvalue weighted by Crippen LogP contribution is -2.40. The van der Waals surface area contributed by atoms with Gasteiger partial charge in [0.05, 0.1) is 5.75 Å². The Hall–Kier alpha value is -1.49. The predicted octanol–water partition coefficient (Wildman–Crippen LogP) is 3.27. The Kier molecular flexibility index (Phi) is 7.29. The van der Waals surface area contributed by atoms with Crippen LogP contribution in [0.2, 0.25) is 0 Å². The Morgan fingerprint density at radius 3 is 2.62 bits per heavy atom. The van der Waals surface area contributed by atoms with Crippen LogP contribution in [-0.4, -0.2) is 24.2 Å². The lowest BCUT2D eigenvalue weighted by Gasteiger charge is -2.09. The van der Waals surface area contributed by atoms with Crippen LogP contribution in [0.5, 0.6) is 0 Å². The van der Waals surface area contributed by atoms with Gasteiger partial charge >= 0.3 is 6.03 Å². The van der Waals surface area contributed by atoms with Gasteiger partial charge < -0.3 is 5.32 Å². The number of nitrogens with one attached hydrogen (secondary N) is 2. The van der Waals surface area contributed by atoms with Gasteiger partial charge in [-0.15, -0.1) is 11.8 Å². The van der Waals surface area contributed by atoms with E-state index in [0.717, 1.165) is 22.4 Å². The minimum atomic E-state index is -0.415. The number of carbonyl (C=O) groups is 2. The van der Waals surface area contributed by atoms with E-state index in [9.17, 15) is 9.59 Å². The summed E-state index contributed by atoms with van der Waals surface area (Å²) < 4.78 is 0. The highest BCUT2D eigenvalue weighted by molar-refractivity contribution is 8.00. The van der Waals surface area contributed by atoms with Crippen molar-refractivity contribution in [2.45, 2.75) is 39.0 Å². The first-order chi connectivity index (χ1) is 9.88. The molecule has 0 aliphatic carbocycles. The number of amides is 3. The van der Waals surface area contributed by atoms with E-state index < -0.39 is 6.03 Å². The minimum Gasteiger partial charge on any atom is -0.338 e. The normalized spacial score (nSPS) is 10.5. The third-order valence-corrected chi connectivity index (χ3v) is 4.12. The third kappa shape index (κ3) is 7.18. The lowest BCUT2D eigenvalue weighted by atomic mass is 10.1. The van der Waals surface area contributed by atoms with E-state index in [4.69, 9.17) is 0 Å². The van der Waals surface area contributed by atoms with Gasteiger partial charge in [0.15, 0.2) is 0 Å². The van der Waals surface area contributed by atoms with Crippen molar-refractivity contribution in [1.82, 2.24) is 10.6 Å². The summed E-state index contributed by atoms with van der Waals surface area (Å²) in [6.45, 7) is 8.79. The molecule has 0 heterocycles. The van der Waals surface area contributed by atoms with Crippen molar-refractivity contribution in [2.75, 3.05) is 12.3 Å². The Morgan fingerprint density at radius 1 is 1.24 bits per heavy atom. The van der Waals surface area contributed by atoms with Gasteiger partial charge in [-0.2, -0.15) is 0 Å². The van der Waals surface area contributed by atoms with Crippen molar-refractivity contribution >= 4 is 23.7 Å². The molecule has 116 valence electrons. The molecule has 0 atom stereocenters. The first kappa shape index (κ1) is 17.6. The summed E-state index contributed by atoms with van der Waals surface area (Å²) in [5.74, 6) is 0.492. The second-order valence-corrected chi connectivity index (χ2v) is 6.56. The maximum absolute atomic E-state index is 11.7. The molecular weight excluding hydrogens is 284 g/mol. The summed E-state index contributed by atoms with van der Waals surface area (Å²) in [6.07, 6.45) is 0.902. The monoisotopic (exact) mass is 308 g/mol. The molecule has 5 heteroatoms. The summed E-state index contributed by atoms with van der Waals surface area (Å²) in [6, 6.07) is 5.72. The maximum atomic E-state index is 11.7. The van der Waals surface area contributed by atoms with E-state index in [-0.39, 0.29) is 11.7 Å². The van der Waals surface area contributed by atoms with Crippen LogP contribution in [0.25, 0.3) is 0 Å². The molecule has 0 saturated heterocycles. The average molecular weight is 308 g/mol. The van der Waals surface area contributed by atoms with Crippen molar-refractivity contribution in [2.24, 2.45) is 5.92 Å². The molecule has 1 aromatic rings. The Labute approximate surface area is 131 Å². The molecule has 0 radical (unpaired) electrons. The number of imide groups is 1. The van der Waals surface area contributed by atoms with Crippen LogP contribution >= 0.6 is 11.8 Å². The molecule has 21 heavy (non-hydrogen) atoms. The number of hydrogen-bond acceptors (Lipinski definition) is 3. The molecule has 0 aliphatic rings. The number of aryl methyl sites for hydroxylation is 2. The van der Waals surface area contributed by atoms with Crippen LogP contribution < -0.4 is 10.6 Å². The van der Waals surface area contributed by atoms with E-state index in [2.05, 4.69) is 30.5 Å². The fourth-order valence-electron chi connectivity index (χ4n) is 1.69. The Morgan fingerprint density at radius 2 is 1.95 bits per heavy atom. The summed E-state index contributed by atoms with van der Waals surface area (Å²) in [5.41, 5.74) is 2.30. The number of urea groups is 1.